The molecule has 0 aliphatic rings. The van der Waals surface area contributed by atoms with E-state index < -0.39 is 4.33 Å². The van der Waals surface area contributed by atoms with E-state index in [-0.39, 0.29) is 0 Å². The molecule has 0 fully saturated rings. The Bertz CT molecular complexity index is 606. The SMILES string of the molecule is ClC(Cl)(CCc1cccnc1[CH2][Pt])c1cccnc1[CH2][Pt]. The standard InChI is InChI=1S/C15H14Cl2N2.2Pt/c1-11-13(5-3-9-18-11)7-8-15(16,17)14-6-4-10-19-12(14)2;;/h3-6,9-10H,1-2,7-8H2;;. The Balaban J connectivity index is 2.18. The van der Waals surface area contributed by atoms with E-state index in [9.17, 15) is 0 Å². The van der Waals surface area contributed by atoms with Gasteiger partial charge in [0, 0.05) is 0 Å². The minimum atomic E-state index is -0.923. The van der Waals surface area contributed by atoms with Gasteiger partial charge in [-0.3, -0.25) is 0 Å². The molecule has 0 saturated heterocycles. The molecular weight excluding hydrogens is 669 g/mol. The Kier molecular flexibility index (Phi) is 6.88. The second-order valence-corrected chi connectivity index (χ2v) is 7.63. The molecule has 0 spiro atoms. The van der Waals surface area contributed by atoms with Crippen LogP contribution in [0.25, 0.3) is 0 Å². The van der Waals surface area contributed by atoms with E-state index in [2.05, 4.69) is 55.7 Å². The molecular formula is C15H14Cl2N2Pt2. The third-order valence-corrected chi connectivity index (χ3v) is 5.50. The zero-order valence-corrected chi connectivity index (χ0v) is 17.1. The van der Waals surface area contributed by atoms with E-state index in [4.69, 9.17) is 23.2 Å². The Labute approximate surface area is 157 Å². The van der Waals surface area contributed by atoms with Crippen LogP contribution in [-0.2, 0) is 60.0 Å². The molecule has 0 bridgehead atoms. The van der Waals surface area contributed by atoms with Gasteiger partial charge in [-0.2, -0.15) is 0 Å². The first-order chi connectivity index (χ1) is 10.1. The van der Waals surface area contributed by atoms with Crippen molar-refractivity contribution in [3.63, 3.8) is 0 Å². The predicted octanol–water partition coefficient (Wildman–Crippen LogP) is 3.83. The first kappa shape index (κ1) is 17.6. The van der Waals surface area contributed by atoms with Gasteiger partial charge in [-0.25, -0.2) is 0 Å². The van der Waals surface area contributed by atoms with Crippen LogP contribution >= 0.6 is 23.2 Å². The molecule has 2 heterocycles. The van der Waals surface area contributed by atoms with E-state index in [0.717, 1.165) is 33.0 Å². The Morgan fingerprint density at radius 1 is 0.952 bits per heavy atom. The summed E-state index contributed by atoms with van der Waals surface area (Å²) < 4.78 is -0.923. The van der Waals surface area contributed by atoms with Crippen molar-refractivity contribution in [2.24, 2.45) is 0 Å². The molecule has 2 rings (SSSR count). The quantitative estimate of drug-likeness (QED) is 0.433. The van der Waals surface area contributed by atoms with Crippen molar-refractivity contribution >= 4 is 23.2 Å². The van der Waals surface area contributed by atoms with E-state index in [1.807, 2.05) is 24.4 Å². The van der Waals surface area contributed by atoms with E-state index in [1.165, 1.54) is 5.56 Å². The van der Waals surface area contributed by atoms with Gasteiger partial charge in [0.2, 0.25) is 0 Å². The van der Waals surface area contributed by atoms with Crippen LogP contribution < -0.4 is 0 Å². The summed E-state index contributed by atoms with van der Waals surface area (Å²) in [6.45, 7) is 0. The molecule has 2 aromatic rings. The second-order valence-electron chi connectivity index (χ2n) is 4.53. The maximum atomic E-state index is 6.59. The van der Waals surface area contributed by atoms with Gasteiger partial charge in [0.25, 0.3) is 0 Å². The van der Waals surface area contributed by atoms with Crippen molar-refractivity contribution in [2.45, 2.75) is 26.8 Å². The van der Waals surface area contributed by atoms with Crippen LogP contribution in [0.2, 0.25) is 0 Å². The first-order valence-electron chi connectivity index (χ1n) is 6.36. The molecule has 0 radical (unpaired) electrons. The average Bonchev–Trinajstić information content (AvgIpc) is 2.53. The Hall–Kier alpha value is 0.257. The van der Waals surface area contributed by atoms with Crippen molar-refractivity contribution in [3.05, 3.63) is 59.2 Å². The summed E-state index contributed by atoms with van der Waals surface area (Å²) in [6.07, 6.45) is 5.04. The van der Waals surface area contributed by atoms with Crippen molar-refractivity contribution in [2.75, 3.05) is 0 Å². The zero-order valence-electron chi connectivity index (χ0n) is 11.1. The number of rotatable bonds is 6. The third-order valence-electron chi connectivity index (χ3n) is 3.19. The third kappa shape index (κ3) is 4.61. The molecule has 118 valence electrons. The molecule has 21 heavy (non-hydrogen) atoms. The van der Waals surface area contributed by atoms with Crippen LogP contribution in [0.15, 0.2) is 36.7 Å². The molecule has 2 nitrogen and oxygen atoms in total. The van der Waals surface area contributed by atoms with Gasteiger partial charge >= 0.3 is 159 Å². The molecule has 0 N–H and O–H groups in total. The number of hydrogen-bond donors (Lipinski definition) is 0. The van der Waals surface area contributed by atoms with Crippen LogP contribution in [0.4, 0.5) is 0 Å². The zero-order chi connectivity index (χ0) is 15.3. The molecule has 0 saturated carbocycles. The number of halogens is 2. The average molecular weight is 683 g/mol. The number of aryl methyl sites for hydroxylation is 1. The van der Waals surface area contributed by atoms with Crippen LogP contribution in [0, 0.1) is 0 Å². The summed E-state index contributed by atoms with van der Waals surface area (Å²) in [6, 6.07) is 7.89. The summed E-state index contributed by atoms with van der Waals surface area (Å²) >= 11 is 17.8. The number of pyridine rings is 2. The monoisotopic (exact) mass is 682 g/mol. The summed E-state index contributed by atoms with van der Waals surface area (Å²) in [5.74, 6) is 0. The summed E-state index contributed by atoms with van der Waals surface area (Å²) in [4.78, 5) is 10.4. The fourth-order valence-electron chi connectivity index (χ4n) is 2.09. The molecule has 0 aromatic carbocycles. The van der Waals surface area contributed by atoms with E-state index >= 15 is 0 Å². The van der Waals surface area contributed by atoms with Crippen molar-refractivity contribution in [3.8, 4) is 0 Å². The number of hydrogen-bond acceptors (Lipinski definition) is 2. The van der Waals surface area contributed by atoms with Gasteiger partial charge in [-0.15, -0.1) is 0 Å². The van der Waals surface area contributed by atoms with Gasteiger partial charge < -0.3 is 0 Å². The number of nitrogens with zero attached hydrogens (tertiary/aromatic N) is 2. The molecule has 2 aromatic heterocycles. The van der Waals surface area contributed by atoms with Gasteiger partial charge in [-0.1, -0.05) is 0 Å². The molecule has 0 aliphatic carbocycles. The predicted molar refractivity (Wildman–Crippen MR) is 77.6 cm³/mol. The summed E-state index contributed by atoms with van der Waals surface area (Å²) in [7, 11) is 0. The first-order valence-corrected chi connectivity index (χ1v) is 10.3. The minimum absolute atomic E-state index is 0.640. The summed E-state index contributed by atoms with van der Waals surface area (Å²) in [5.41, 5.74) is 4.16. The van der Waals surface area contributed by atoms with Gasteiger partial charge in [0.15, 0.2) is 0 Å². The van der Waals surface area contributed by atoms with Crippen LogP contribution in [0.3, 0.4) is 0 Å². The van der Waals surface area contributed by atoms with E-state index in [1.54, 1.807) is 6.20 Å². The van der Waals surface area contributed by atoms with Gasteiger partial charge in [0.05, 0.1) is 0 Å². The molecule has 6 heteroatoms. The van der Waals surface area contributed by atoms with Gasteiger partial charge in [0.1, 0.15) is 0 Å². The van der Waals surface area contributed by atoms with Crippen LogP contribution in [-0.4, -0.2) is 9.97 Å². The molecule has 0 amide bonds. The van der Waals surface area contributed by atoms with Crippen LogP contribution in [0.1, 0.15) is 28.9 Å². The number of aromatic nitrogens is 2. The summed E-state index contributed by atoms with van der Waals surface area (Å²) in [5, 5.41) is 0. The topological polar surface area (TPSA) is 25.8 Å². The van der Waals surface area contributed by atoms with Crippen LogP contribution in [0.5, 0.6) is 0 Å². The Morgan fingerprint density at radius 3 is 2.24 bits per heavy atom. The van der Waals surface area contributed by atoms with Gasteiger partial charge in [-0.05, 0) is 0 Å². The normalized spacial score (nSPS) is 11.7. The van der Waals surface area contributed by atoms with Crippen molar-refractivity contribution < 1.29 is 39.6 Å². The van der Waals surface area contributed by atoms with Crippen molar-refractivity contribution in [1.82, 2.24) is 9.97 Å². The molecule has 0 unspecified atom stereocenters. The molecule has 0 aliphatic heterocycles. The molecule has 0 atom stereocenters. The van der Waals surface area contributed by atoms with Crippen molar-refractivity contribution in [1.29, 1.82) is 0 Å². The fraction of sp³-hybridized carbons (Fsp3) is 0.333. The maximum absolute atomic E-state index is 6.59. The van der Waals surface area contributed by atoms with E-state index in [0.29, 0.717) is 6.42 Å². The number of alkyl halides is 2. The Morgan fingerprint density at radius 2 is 1.57 bits per heavy atom. The fourth-order valence-corrected chi connectivity index (χ4v) is 3.98. The second kappa shape index (κ2) is 8.21.